The Balaban J connectivity index is 2.36. The molecular weight excluding hydrogens is 154 g/mol. The van der Waals surface area contributed by atoms with E-state index in [1.54, 1.807) is 5.32 Å². The van der Waals surface area contributed by atoms with Gasteiger partial charge >= 0.3 is 18.3 Å². The number of hydrogen-bond donors (Lipinski definition) is 2. The van der Waals surface area contributed by atoms with Gasteiger partial charge in [0.15, 0.2) is 0 Å². The third-order valence-electron chi connectivity index (χ3n) is 0.904. The maximum atomic E-state index is 10.7. The van der Waals surface area contributed by atoms with E-state index < -0.39 is 18.3 Å². The van der Waals surface area contributed by atoms with Crippen LogP contribution in [0, 0.1) is 0 Å². The lowest BCUT2D eigenvalue weighted by molar-refractivity contribution is -0.143. The van der Waals surface area contributed by atoms with E-state index in [0.29, 0.717) is 0 Å². The summed E-state index contributed by atoms with van der Waals surface area (Å²) >= 11 is 0. The first-order valence-electron chi connectivity index (χ1n) is 2.70. The number of carbonyl (C=O) groups excluding carboxylic acids is 1. The molecule has 0 bridgehead atoms. The van der Waals surface area contributed by atoms with Crippen molar-refractivity contribution in [3.05, 3.63) is 12.5 Å². The lowest BCUT2D eigenvalue weighted by Gasteiger charge is -2.06. The molecule has 1 aliphatic rings. The van der Waals surface area contributed by atoms with E-state index in [1.807, 2.05) is 0 Å². The van der Waals surface area contributed by atoms with Crippen LogP contribution in [0.3, 0.4) is 0 Å². The quantitative estimate of drug-likeness (QED) is 0.545. The SMILES string of the molecule is O=C(O)NC(=O)C1OC=CO1. The van der Waals surface area contributed by atoms with Crippen molar-refractivity contribution < 1.29 is 24.2 Å². The molecule has 6 nitrogen and oxygen atoms in total. The highest BCUT2D eigenvalue weighted by Gasteiger charge is 2.23. The molecular formula is C5H5NO5. The largest absolute Gasteiger partial charge is 0.465 e. The lowest BCUT2D eigenvalue weighted by Crippen LogP contribution is -2.38. The minimum Gasteiger partial charge on any atom is -0.465 e. The maximum absolute atomic E-state index is 10.7. The molecule has 2 N–H and O–H groups in total. The topological polar surface area (TPSA) is 84.9 Å². The van der Waals surface area contributed by atoms with E-state index in [2.05, 4.69) is 9.47 Å². The summed E-state index contributed by atoms with van der Waals surface area (Å²) in [5, 5.41) is 9.65. The van der Waals surface area contributed by atoms with Crippen molar-refractivity contribution in [2.24, 2.45) is 0 Å². The molecule has 0 saturated carbocycles. The number of amides is 2. The fourth-order valence-electron chi connectivity index (χ4n) is 0.527. The molecule has 0 spiro atoms. The first-order valence-corrected chi connectivity index (χ1v) is 2.70. The Kier molecular flexibility index (Phi) is 1.95. The summed E-state index contributed by atoms with van der Waals surface area (Å²) in [6.45, 7) is 0. The highest BCUT2D eigenvalue weighted by Crippen LogP contribution is 2.03. The Hall–Kier alpha value is -1.72. The van der Waals surface area contributed by atoms with Gasteiger partial charge in [-0.25, -0.2) is 4.79 Å². The molecule has 11 heavy (non-hydrogen) atoms. The van der Waals surface area contributed by atoms with Crippen LogP contribution in [0.15, 0.2) is 12.5 Å². The molecule has 1 rings (SSSR count). The minimum atomic E-state index is -1.44. The van der Waals surface area contributed by atoms with Gasteiger partial charge in [0.2, 0.25) is 0 Å². The Morgan fingerprint density at radius 2 is 1.91 bits per heavy atom. The van der Waals surface area contributed by atoms with Crippen LogP contribution < -0.4 is 5.32 Å². The van der Waals surface area contributed by atoms with Gasteiger partial charge in [-0.15, -0.1) is 0 Å². The van der Waals surface area contributed by atoms with Crippen molar-refractivity contribution in [2.45, 2.75) is 6.29 Å². The number of rotatable bonds is 1. The average molecular weight is 159 g/mol. The molecule has 0 aromatic heterocycles. The molecule has 2 amide bonds. The number of hydrogen-bond acceptors (Lipinski definition) is 4. The predicted molar refractivity (Wildman–Crippen MR) is 31.3 cm³/mol. The Bertz CT molecular complexity index is 203. The predicted octanol–water partition coefficient (Wildman–Crippen LogP) is -0.375. The molecule has 0 aromatic carbocycles. The first kappa shape index (κ1) is 7.39. The van der Waals surface area contributed by atoms with Crippen LogP contribution in [0.5, 0.6) is 0 Å². The van der Waals surface area contributed by atoms with Gasteiger partial charge in [0.25, 0.3) is 0 Å². The molecule has 6 heteroatoms. The molecule has 0 fully saturated rings. The fourth-order valence-corrected chi connectivity index (χ4v) is 0.527. The molecule has 0 atom stereocenters. The van der Waals surface area contributed by atoms with E-state index >= 15 is 0 Å². The van der Waals surface area contributed by atoms with E-state index in [-0.39, 0.29) is 0 Å². The Morgan fingerprint density at radius 1 is 1.36 bits per heavy atom. The minimum absolute atomic E-state index is 0.845. The lowest BCUT2D eigenvalue weighted by atomic mass is 10.6. The van der Waals surface area contributed by atoms with Crippen LogP contribution in [-0.4, -0.2) is 23.4 Å². The van der Waals surface area contributed by atoms with Crippen molar-refractivity contribution in [3.8, 4) is 0 Å². The molecule has 0 saturated heterocycles. The van der Waals surface area contributed by atoms with Gasteiger partial charge in [0.05, 0.1) is 0 Å². The Labute approximate surface area is 61.4 Å². The summed E-state index contributed by atoms with van der Waals surface area (Å²) in [6.07, 6.45) is -0.293. The number of carboxylic acid groups (broad SMARTS) is 1. The van der Waals surface area contributed by atoms with Gasteiger partial charge in [0.1, 0.15) is 12.5 Å². The summed E-state index contributed by atoms with van der Waals surface area (Å²) in [7, 11) is 0. The van der Waals surface area contributed by atoms with Gasteiger partial charge < -0.3 is 14.6 Å². The average Bonchev–Trinajstić information content (AvgIpc) is 2.35. The van der Waals surface area contributed by atoms with Crippen LogP contribution in [0.2, 0.25) is 0 Å². The molecule has 0 aromatic rings. The van der Waals surface area contributed by atoms with Crippen LogP contribution in [-0.2, 0) is 14.3 Å². The first-order chi connectivity index (χ1) is 5.20. The normalized spacial score (nSPS) is 15.3. The molecule has 1 aliphatic heterocycles. The Morgan fingerprint density at radius 3 is 2.36 bits per heavy atom. The smallest absolute Gasteiger partial charge is 0.411 e. The zero-order valence-electron chi connectivity index (χ0n) is 5.31. The van der Waals surface area contributed by atoms with Gasteiger partial charge in [-0.2, -0.15) is 0 Å². The molecule has 0 aliphatic carbocycles. The standard InChI is InChI=1S/C5H5NO5/c7-3(6-5(8)9)4-10-1-2-11-4/h1-2,4H,(H,6,7)(H,8,9). The van der Waals surface area contributed by atoms with Crippen LogP contribution in [0.4, 0.5) is 4.79 Å². The number of nitrogens with one attached hydrogen (secondary N) is 1. The molecule has 0 unspecified atom stereocenters. The van der Waals surface area contributed by atoms with Crippen molar-refractivity contribution >= 4 is 12.0 Å². The second-order valence-corrected chi connectivity index (χ2v) is 1.67. The van der Waals surface area contributed by atoms with Crippen molar-refractivity contribution in [1.82, 2.24) is 5.32 Å². The number of ether oxygens (including phenoxy) is 2. The summed E-state index contributed by atoms with van der Waals surface area (Å²) < 4.78 is 9.07. The summed E-state index contributed by atoms with van der Waals surface area (Å²) in [5.74, 6) is -0.845. The summed E-state index contributed by atoms with van der Waals surface area (Å²) in [4.78, 5) is 20.6. The third-order valence-corrected chi connectivity index (χ3v) is 0.904. The van der Waals surface area contributed by atoms with Crippen molar-refractivity contribution in [3.63, 3.8) is 0 Å². The molecule has 0 radical (unpaired) electrons. The highest BCUT2D eigenvalue weighted by molar-refractivity contribution is 5.92. The monoisotopic (exact) mass is 159 g/mol. The summed E-state index contributed by atoms with van der Waals surface area (Å²) in [6, 6.07) is 0. The van der Waals surface area contributed by atoms with Gasteiger partial charge in [-0.05, 0) is 0 Å². The summed E-state index contributed by atoms with van der Waals surface area (Å²) in [5.41, 5.74) is 0. The zero-order chi connectivity index (χ0) is 8.27. The highest BCUT2D eigenvalue weighted by atomic mass is 16.7. The van der Waals surface area contributed by atoms with E-state index in [0.717, 1.165) is 12.5 Å². The van der Waals surface area contributed by atoms with E-state index in [9.17, 15) is 9.59 Å². The van der Waals surface area contributed by atoms with E-state index in [4.69, 9.17) is 5.11 Å². The van der Waals surface area contributed by atoms with Crippen LogP contribution in [0.1, 0.15) is 0 Å². The van der Waals surface area contributed by atoms with Crippen molar-refractivity contribution in [1.29, 1.82) is 0 Å². The van der Waals surface area contributed by atoms with Gasteiger partial charge in [-0.1, -0.05) is 0 Å². The second-order valence-electron chi connectivity index (χ2n) is 1.67. The maximum Gasteiger partial charge on any atom is 0.411 e. The second kappa shape index (κ2) is 2.91. The van der Waals surface area contributed by atoms with Gasteiger partial charge in [-0.3, -0.25) is 10.1 Å². The zero-order valence-corrected chi connectivity index (χ0v) is 5.31. The van der Waals surface area contributed by atoms with Crippen LogP contribution in [0.25, 0.3) is 0 Å². The fraction of sp³-hybridized carbons (Fsp3) is 0.200. The number of imide groups is 1. The molecule has 1 heterocycles. The third kappa shape index (κ3) is 1.85. The van der Waals surface area contributed by atoms with Crippen molar-refractivity contribution in [2.75, 3.05) is 0 Å². The van der Waals surface area contributed by atoms with Gasteiger partial charge in [0, 0.05) is 0 Å². The number of carbonyl (C=O) groups is 2. The van der Waals surface area contributed by atoms with Crippen LogP contribution >= 0.6 is 0 Å². The molecule has 60 valence electrons. The van der Waals surface area contributed by atoms with E-state index in [1.165, 1.54) is 0 Å².